The average molecular weight is 340 g/mol. The van der Waals surface area contributed by atoms with E-state index in [0.29, 0.717) is 12.6 Å². The molecule has 0 N–H and O–H groups in total. The Labute approximate surface area is 144 Å². The molecule has 0 unspecified atom stereocenters. The Bertz CT molecular complexity index is 755. The summed E-state index contributed by atoms with van der Waals surface area (Å²) in [6.45, 7) is 2.68. The largest absolute Gasteiger partial charge is 0.425 e. The lowest BCUT2D eigenvalue weighted by Gasteiger charge is -2.21. The van der Waals surface area contributed by atoms with Crippen LogP contribution in [0.5, 0.6) is 11.5 Å². The SMILES string of the molecule is CC(C)(C(=O)Oc1ccccc1C=O)C(=O)Oc1ccccc1C=O. The van der Waals surface area contributed by atoms with Crippen LogP contribution < -0.4 is 9.47 Å². The maximum absolute atomic E-state index is 12.4. The molecule has 2 rings (SSSR count). The summed E-state index contributed by atoms with van der Waals surface area (Å²) in [5.74, 6) is -1.65. The van der Waals surface area contributed by atoms with E-state index in [1.165, 1.54) is 38.1 Å². The van der Waals surface area contributed by atoms with Gasteiger partial charge in [0.15, 0.2) is 18.0 Å². The maximum atomic E-state index is 12.4. The molecule has 2 aromatic carbocycles. The number of benzene rings is 2. The van der Waals surface area contributed by atoms with Crippen LogP contribution in [0.4, 0.5) is 0 Å². The summed E-state index contributed by atoms with van der Waals surface area (Å²) in [4.78, 5) is 46.7. The molecule has 0 atom stereocenters. The van der Waals surface area contributed by atoms with Gasteiger partial charge in [-0.1, -0.05) is 24.3 Å². The third-order valence-electron chi connectivity index (χ3n) is 3.52. The minimum absolute atomic E-state index is 0.0525. The Kier molecular flexibility index (Phi) is 5.44. The second kappa shape index (κ2) is 7.53. The van der Waals surface area contributed by atoms with Crippen LogP contribution >= 0.6 is 0 Å². The Balaban J connectivity index is 2.18. The molecule has 2 aromatic rings. The lowest BCUT2D eigenvalue weighted by Crippen LogP contribution is -2.40. The average Bonchev–Trinajstić information content (AvgIpc) is 2.62. The third-order valence-corrected chi connectivity index (χ3v) is 3.52. The second-order valence-electron chi connectivity index (χ2n) is 5.72. The highest BCUT2D eigenvalue weighted by atomic mass is 16.6. The fourth-order valence-corrected chi connectivity index (χ4v) is 1.88. The number of ether oxygens (including phenoxy) is 2. The lowest BCUT2D eigenvalue weighted by atomic mass is 9.94. The summed E-state index contributed by atoms with van der Waals surface area (Å²) in [6, 6.07) is 12.3. The normalized spacial score (nSPS) is 10.6. The number of rotatable bonds is 6. The van der Waals surface area contributed by atoms with E-state index in [1.807, 2.05) is 0 Å². The topological polar surface area (TPSA) is 86.7 Å². The van der Waals surface area contributed by atoms with Gasteiger partial charge < -0.3 is 9.47 Å². The number of carbonyl (C=O) groups excluding carboxylic acids is 4. The van der Waals surface area contributed by atoms with Crippen molar-refractivity contribution in [3.63, 3.8) is 0 Å². The monoisotopic (exact) mass is 340 g/mol. The van der Waals surface area contributed by atoms with Crippen molar-refractivity contribution in [1.82, 2.24) is 0 Å². The first kappa shape index (κ1) is 18.1. The van der Waals surface area contributed by atoms with Gasteiger partial charge in [0.1, 0.15) is 11.5 Å². The van der Waals surface area contributed by atoms with Gasteiger partial charge in [-0.25, -0.2) is 0 Å². The molecular formula is C19H16O6. The highest BCUT2D eigenvalue weighted by molar-refractivity contribution is 6.01. The molecule has 0 aliphatic carbocycles. The van der Waals surface area contributed by atoms with Crippen molar-refractivity contribution in [1.29, 1.82) is 0 Å². The van der Waals surface area contributed by atoms with Crippen LogP contribution in [-0.2, 0) is 9.59 Å². The molecule has 0 amide bonds. The zero-order valence-corrected chi connectivity index (χ0v) is 13.7. The molecule has 0 aromatic heterocycles. The molecule has 0 heterocycles. The fourth-order valence-electron chi connectivity index (χ4n) is 1.88. The number of para-hydroxylation sites is 2. The molecule has 0 saturated carbocycles. The Morgan fingerprint density at radius 1 is 0.760 bits per heavy atom. The van der Waals surface area contributed by atoms with Crippen molar-refractivity contribution in [2.45, 2.75) is 13.8 Å². The highest BCUT2D eigenvalue weighted by Gasteiger charge is 2.40. The zero-order valence-electron chi connectivity index (χ0n) is 13.7. The molecule has 0 saturated heterocycles. The quantitative estimate of drug-likeness (QED) is 0.348. The summed E-state index contributed by atoms with van der Waals surface area (Å²) in [6.07, 6.45) is 1.10. The Hall–Kier alpha value is -3.28. The molecule has 0 radical (unpaired) electrons. The van der Waals surface area contributed by atoms with Crippen molar-refractivity contribution in [3.8, 4) is 11.5 Å². The van der Waals surface area contributed by atoms with Crippen molar-refractivity contribution < 1.29 is 28.7 Å². The predicted octanol–water partition coefficient (Wildman–Crippen LogP) is 2.85. The molecule has 6 heteroatoms. The molecule has 0 aliphatic rings. The second-order valence-corrected chi connectivity index (χ2v) is 5.72. The number of hydrogen-bond donors (Lipinski definition) is 0. The standard InChI is InChI=1S/C19H16O6/c1-19(2,17(22)24-15-9-5-3-7-13(15)11-20)18(23)25-16-10-6-4-8-14(16)12-21/h3-12H,1-2H3. The van der Waals surface area contributed by atoms with E-state index in [0.717, 1.165) is 0 Å². The van der Waals surface area contributed by atoms with Crippen molar-refractivity contribution >= 4 is 24.5 Å². The summed E-state index contributed by atoms with van der Waals surface area (Å²) in [5.41, 5.74) is -1.27. The van der Waals surface area contributed by atoms with Crippen LogP contribution in [0.25, 0.3) is 0 Å². The molecule has 0 spiro atoms. The van der Waals surface area contributed by atoms with Gasteiger partial charge >= 0.3 is 11.9 Å². The zero-order chi connectivity index (χ0) is 18.4. The molecule has 0 fully saturated rings. The Morgan fingerprint density at radius 3 is 1.48 bits per heavy atom. The van der Waals surface area contributed by atoms with Crippen LogP contribution in [0.15, 0.2) is 48.5 Å². The molecule has 0 aliphatic heterocycles. The smallest absolute Gasteiger partial charge is 0.328 e. The van der Waals surface area contributed by atoms with Crippen molar-refractivity contribution in [2.24, 2.45) is 5.41 Å². The van der Waals surface area contributed by atoms with Crippen LogP contribution in [-0.4, -0.2) is 24.5 Å². The van der Waals surface area contributed by atoms with Crippen LogP contribution in [0.1, 0.15) is 34.6 Å². The van der Waals surface area contributed by atoms with Crippen molar-refractivity contribution in [2.75, 3.05) is 0 Å². The van der Waals surface area contributed by atoms with E-state index in [4.69, 9.17) is 9.47 Å². The number of esters is 2. The highest BCUT2D eigenvalue weighted by Crippen LogP contribution is 2.26. The van der Waals surface area contributed by atoms with Crippen LogP contribution in [0.2, 0.25) is 0 Å². The minimum atomic E-state index is -1.65. The van der Waals surface area contributed by atoms with E-state index in [-0.39, 0.29) is 22.6 Å². The van der Waals surface area contributed by atoms with Crippen LogP contribution in [0.3, 0.4) is 0 Å². The molecule has 0 bridgehead atoms. The predicted molar refractivity (Wildman–Crippen MR) is 88.7 cm³/mol. The molecular weight excluding hydrogens is 324 g/mol. The summed E-state index contributed by atoms with van der Waals surface area (Å²) in [7, 11) is 0. The van der Waals surface area contributed by atoms with Crippen LogP contribution in [0, 0.1) is 5.41 Å². The summed E-state index contributed by atoms with van der Waals surface area (Å²) < 4.78 is 10.4. The van der Waals surface area contributed by atoms with Gasteiger partial charge in [-0.05, 0) is 38.1 Å². The molecule has 25 heavy (non-hydrogen) atoms. The fraction of sp³-hybridized carbons (Fsp3) is 0.158. The van der Waals surface area contributed by atoms with Gasteiger partial charge in [-0.15, -0.1) is 0 Å². The van der Waals surface area contributed by atoms with E-state index in [9.17, 15) is 19.2 Å². The molecule has 128 valence electrons. The lowest BCUT2D eigenvalue weighted by molar-refractivity contribution is -0.158. The minimum Gasteiger partial charge on any atom is -0.425 e. The first-order chi connectivity index (χ1) is 11.9. The Morgan fingerprint density at radius 2 is 1.12 bits per heavy atom. The molecule has 6 nitrogen and oxygen atoms in total. The number of carbonyl (C=O) groups is 4. The number of aldehydes is 2. The first-order valence-corrected chi connectivity index (χ1v) is 7.43. The van der Waals surface area contributed by atoms with E-state index < -0.39 is 17.4 Å². The van der Waals surface area contributed by atoms with E-state index >= 15 is 0 Å². The summed E-state index contributed by atoms with van der Waals surface area (Å²) in [5, 5.41) is 0. The van der Waals surface area contributed by atoms with Crippen molar-refractivity contribution in [3.05, 3.63) is 59.7 Å². The van der Waals surface area contributed by atoms with Gasteiger partial charge in [0.25, 0.3) is 0 Å². The van der Waals surface area contributed by atoms with Gasteiger partial charge in [-0.2, -0.15) is 0 Å². The van der Waals surface area contributed by atoms with E-state index in [1.54, 1.807) is 24.3 Å². The third kappa shape index (κ3) is 3.98. The van der Waals surface area contributed by atoms with Gasteiger partial charge in [0, 0.05) is 0 Å². The summed E-state index contributed by atoms with van der Waals surface area (Å²) >= 11 is 0. The number of hydrogen-bond acceptors (Lipinski definition) is 6. The van der Waals surface area contributed by atoms with E-state index in [2.05, 4.69) is 0 Å². The van der Waals surface area contributed by atoms with Gasteiger partial charge in [0.05, 0.1) is 11.1 Å². The van der Waals surface area contributed by atoms with Gasteiger partial charge in [-0.3, -0.25) is 19.2 Å². The van der Waals surface area contributed by atoms with Gasteiger partial charge in [0.2, 0.25) is 0 Å². The first-order valence-electron chi connectivity index (χ1n) is 7.43. The maximum Gasteiger partial charge on any atom is 0.328 e.